The van der Waals surface area contributed by atoms with Crippen LogP contribution in [0.4, 0.5) is 14.5 Å². The Kier molecular flexibility index (Phi) is 5.59. The highest BCUT2D eigenvalue weighted by atomic mass is 19.1. The molecule has 2 saturated heterocycles. The van der Waals surface area contributed by atoms with Gasteiger partial charge in [0, 0.05) is 24.7 Å². The van der Waals surface area contributed by atoms with Crippen LogP contribution in [0.3, 0.4) is 0 Å². The zero-order valence-corrected chi connectivity index (χ0v) is 16.2. The molecule has 0 aromatic heterocycles. The first kappa shape index (κ1) is 20.2. The predicted octanol–water partition coefficient (Wildman–Crippen LogP) is 2.49. The monoisotopic (exact) mass is 413 g/mol. The molecule has 1 atom stereocenters. The number of benzene rings is 2. The summed E-state index contributed by atoms with van der Waals surface area (Å²) >= 11 is 0. The number of piperidine rings is 1. The van der Waals surface area contributed by atoms with Crippen LogP contribution >= 0.6 is 0 Å². The molecule has 2 aliphatic heterocycles. The Hall–Kier alpha value is -3.13. The topological polar surface area (TPSA) is 69.7 Å². The molecule has 2 fully saturated rings. The van der Waals surface area contributed by atoms with Crippen molar-refractivity contribution in [1.29, 1.82) is 0 Å². The second-order valence-electron chi connectivity index (χ2n) is 7.54. The Morgan fingerprint density at radius 1 is 0.900 bits per heavy atom. The molecule has 2 aromatic carbocycles. The fraction of sp³-hybridized carbons (Fsp3) is 0.318. The van der Waals surface area contributed by atoms with Crippen LogP contribution in [0, 0.1) is 11.6 Å². The lowest BCUT2D eigenvalue weighted by atomic mass is 10.0. The summed E-state index contributed by atoms with van der Waals surface area (Å²) < 4.78 is 26.2. The van der Waals surface area contributed by atoms with E-state index in [1.165, 1.54) is 48.5 Å². The standard InChI is InChI=1S/C22H21F2N3O3/c23-15-3-1-14(2-4-15)21(29)26-11-9-17(10-12-26)25-19-13-20(28)27(22(19)30)18-7-5-16(24)6-8-18/h1-8,17,19,25H,9-13H2/t19-/m0/s1. The van der Waals surface area contributed by atoms with E-state index in [4.69, 9.17) is 0 Å². The van der Waals surface area contributed by atoms with Gasteiger partial charge in [-0.3, -0.25) is 14.4 Å². The zero-order valence-electron chi connectivity index (χ0n) is 16.2. The molecule has 8 heteroatoms. The lowest BCUT2D eigenvalue weighted by Gasteiger charge is -2.33. The molecule has 3 amide bonds. The van der Waals surface area contributed by atoms with Gasteiger partial charge in [-0.25, -0.2) is 13.7 Å². The van der Waals surface area contributed by atoms with E-state index in [0.29, 0.717) is 37.2 Å². The molecular formula is C22H21F2N3O3. The summed E-state index contributed by atoms with van der Waals surface area (Å²) in [7, 11) is 0. The molecular weight excluding hydrogens is 392 g/mol. The van der Waals surface area contributed by atoms with Gasteiger partial charge >= 0.3 is 0 Å². The van der Waals surface area contributed by atoms with Crippen molar-refractivity contribution in [2.75, 3.05) is 18.0 Å². The maximum atomic E-state index is 13.1. The summed E-state index contributed by atoms with van der Waals surface area (Å²) in [5.41, 5.74) is 0.796. The maximum Gasteiger partial charge on any atom is 0.253 e. The summed E-state index contributed by atoms with van der Waals surface area (Å²) in [6, 6.07) is 10.1. The molecule has 6 nitrogen and oxygen atoms in total. The average Bonchev–Trinajstić information content (AvgIpc) is 3.02. The lowest BCUT2D eigenvalue weighted by Crippen LogP contribution is -2.49. The summed E-state index contributed by atoms with van der Waals surface area (Å²) in [4.78, 5) is 40.4. The van der Waals surface area contributed by atoms with E-state index in [0.717, 1.165) is 4.90 Å². The van der Waals surface area contributed by atoms with E-state index in [2.05, 4.69) is 5.32 Å². The quantitative estimate of drug-likeness (QED) is 0.782. The number of imide groups is 1. The Labute approximate surface area is 172 Å². The van der Waals surface area contributed by atoms with Crippen LogP contribution in [-0.2, 0) is 9.59 Å². The number of carbonyl (C=O) groups excluding carboxylic acids is 3. The van der Waals surface area contributed by atoms with Gasteiger partial charge in [-0.1, -0.05) is 0 Å². The highest BCUT2D eigenvalue weighted by molar-refractivity contribution is 6.22. The Bertz CT molecular complexity index is 955. The smallest absolute Gasteiger partial charge is 0.253 e. The highest BCUT2D eigenvalue weighted by Crippen LogP contribution is 2.24. The van der Waals surface area contributed by atoms with Gasteiger partial charge in [0.25, 0.3) is 11.8 Å². The van der Waals surface area contributed by atoms with Gasteiger partial charge in [0.2, 0.25) is 5.91 Å². The van der Waals surface area contributed by atoms with Crippen LogP contribution in [0.2, 0.25) is 0 Å². The SMILES string of the molecule is O=C(c1ccc(F)cc1)N1CCC(N[C@H]2CC(=O)N(c3ccc(F)cc3)C2=O)CC1. The van der Waals surface area contributed by atoms with Crippen molar-refractivity contribution < 1.29 is 23.2 Å². The van der Waals surface area contributed by atoms with Crippen molar-refractivity contribution in [3.8, 4) is 0 Å². The van der Waals surface area contributed by atoms with E-state index in [1.807, 2.05) is 0 Å². The largest absolute Gasteiger partial charge is 0.339 e. The molecule has 1 N–H and O–H groups in total. The summed E-state index contributed by atoms with van der Waals surface area (Å²) in [6.45, 7) is 1.01. The number of nitrogens with one attached hydrogen (secondary N) is 1. The van der Waals surface area contributed by atoms with E-state index in [9.17, 15) is 23.2 Å². The molecule has 0 bridgehead atoms. The number of amides is 3. The number of halogens is 2. The zero-order chi connectivity index (χ0) is 21.3. The fourth-order valence-electron chi connectivity index (χ4n) is 3.93. The maximum absolute atomic E-state index is 13.1. The molecule has 4 rings (SSSR count). The van der Waals surface area contributed by atoms with Gasteiger partial charge in [0.15, 0.2) is 0 Å². The van der Waals surface area contributed by atoms with E-state index >= 15 is 0 Å². The number of carbonyl (C=O) groups is 3. The van der Waals surface area contributed by atoms with Crippen molar-refractivity contribution in [3.05, 3.63) is 65.7 Å². The highest BCUT2D eigenvalue weighted by Gasteiger charge is 2.40. The predicted molar refractivity (Wildman–Crippen MR) is 106 cm³/mol. The van der Waals surface area contributed by atoms with Crippen LogP contribution < -0.4 is 10.2 Å². The molecule has 0 unspecified atom stereocenters. The first-order valence-corrected chi connectivity index (χ1v) is 9.85. The van der Waals surface area contributed by atoms with E-state index in [-0.39, 0.29) is 36.0 Å². The molecule has 2 aliphatic rings. The van der Waals surface area contributed by atoms with Crippen LogP contribution in [0.25, 0.3) is 0 Å². The molecule has 2 aromatic rings. The minimum absolute atomic E-state index is 0.00261. The molecule has 0 radical (unpaired) electrons. The lowest BCUT2D eigenvalue weighted by molar-refractivity contribution is -0.121. The van der Waals surface area contributed by atoms with Crippen LogP contribution in [-0.4, -0.2) is 47.8 Å². The van der Waals surface area contributed by atoms with Crippen LogP contribution in [0.5, 0.6) is 0 Å². The number of hydrogen-bond donors (Lipinski definition) is 1. The van der Waals surface area contributed by atoms with Gasteiger partial charge < -0.3 is 10.2 Å². The normalized spacial score (nSPS) is 20.1. The molecule has 2 heterocycles. The van der Waals surface area contributed by atoms with Gasteiger partial charge in [0.05, 0.1) is 18.2 Å². The summed E-state index contributed by atoms with van der Waals surface area (Å²) in [6.07, 6.45) is 1.33. The summed E-state index contributed by atoms with van der Waals surface area (Å²) in [5, 5.41) is 3.24. The second kappa shape index (κ2) is 8.31. The number of nitrogens with zero attached hydrogens (tertiary/aromatic N) is 2. The average molecular weight is 413 g/mol. The first-order valence-electron chi connectivity index (χ1n) is 9.85. The third-order valence-electron chi connectivity index (χ3n) is 5.54. The first-order chi connectivity index (χ1) is 14.4. The molecule has 0 aliphatic carbocycles. The Morgan fingerprint density at radius 3 is 2.07 bits per heavy atom. The van der Waals surface area contributed by atoms with Crippen LogP contribution in [0.15, 0.2) is 48.5 Å². The number of rotatable bonds is 4. The minimum Gasteiger partial charge on any atom is -0.339 e. The Morgan fingerprint density at radius 2 is 1.47 bits per heavy atom. The van der Waals surface area contributed by atoms with Crippen molar-refractivity contribution in [2.24, 2.45) is 0 Å². The van der Waals surface area contributed by atoms with Gasteiger partial charge in [0.1, 0.15) is 11.6 Å². The number of anilines is 1. The second-order valence-corrected chi connectivity index (χ2v) is 7.54. The van der Waals surface area contributed by atoms with Crippen molar-refractivity contribution >= 4 is 23.4 Å². The number of likely N-dealkylation sites (tertiary alicyclic amines) is 1. The molecule has 156 valence electrons. The third kappa shape index (κ3) is 4.09. The number of hydrogen-bond acceptors (Lipinski definition) is 4. The van der Waals surface area contributed by atoms with Crippen molar-refractivity contribution in [3.63, 3.8) is 0 Å². The van der Waals surface area contributed by atoms with Crippen molar-refractivity contribution in [2.45, 2.75) is 31.3 Å². The molecule has 30 heavy (non-hydrogen) atoms. The Balaban J connectivity index is 1.33. The van der Waals surface area contributed by atoms with Crippen LogP contribution in [0.1, 0.15) is 29.6 Å². The van der Waals surface area contributed by atoms with Gasteiger partial charge in [-0.15, -0.1) is 0 Å². The third-order valence-corrected chi connectivity index (χ3v) is 5.54. The van der Waals surface area contributed by atoms with Gasteiger partial charge in [-0.05, 0) is 61.4 Å². The van der Waals surface area contributed by atoms with E-state index < -0.39 is 11.9 Å². The van der Waals surface area contributed by atoms with Gasteiger partial charge in [-0.2, -0.15) is 0 Å². The molecule has 0 spiro atoms. The fourth-order valence-corrected chi connectivity index (χ4v) is 3.93. The molecule has 0 saturated carbocycles. The summed E-state index contributed by atoms with van der Waals surface area (Å²) in [5.74, 6) is -1.65. The minimum atomic E-state index is -0.632. The van der Waals surface area contributed by atoms with Crippen molar-refractivity contribution in [1.82, 2.24) is 10.2 Å². The van der Waals surface area contributed by atoms with E-state index in [1.54, 1.807) is 4.90 Å².